The molecule has 3 amide bonds. The number of hydrogen-bond acceptors (Lipinski definition) is 12. The first kappa shape index (κ1) is 65.7. The Morgan fingerprint density at radius 2 is 0.850 bits per heavy atom. The summed E-state index contributed by atoms with van der Waals surface area (Å²) in [5.41, 5.74) is 31.0. The number of amides is 3. The van der Waals surface area contributed by atoms with E-state index in [1.54, 1.807) is 6.08 Å². The second-order valence-electron chi connectivity index (χ2n) is 27.9. The Morgan fingerprint density at radius 3 is 1.32 bits per heavy atom. The van der Waals surface area contributed by atoms with Gasteiger partial charge in [-0.15, -0.1) is 0 Å². The van der Waals surface area contributed by atoms with E-state index in [2.05, 4.69) is 42.5 Å². The zero-order valence-corrected chi connectivity index (χ0v) is 56.5. The number of carbonyl (C=O) groups excluding carboxylic acids is 3. The summed E-state index contributed by atoms with van der Waals surface area (Å²) in [4.78, 5) is 46.2. The third-order valence-corrected chi connectivity index (χ3v) is 22.1. The van der Waals surface area contributed by atoms with Crippen molar-refractivity contribution < 1.29 is 42.8 Å². The monoisotopic (exact) mass is 1330 g/mol. The maximum absolute atomic E-state index is 13.9. The standard InChI is InChI=1S/C30H32N2O3.C28H28N2O3.C27H26N2O3/c31-21-25-9-11-28-27(20-25)30(22-35-28)14-16-32(17-15-30)29(33)12-10-24-7-4-8-26(19-24)34-18-13-23-5-2-1-3-6-23;29-17-19-9-10-26-23(15-19)28(18-32-26)11-13-30(14-12-28)27(31)16-22-20-5-1-3-7-24(20)33-25-8-4-2-6-21(22)25;28-16-18-9-10-24-21(15-18)27(17-31-24)11-13-29(14-12-27)26(30)25-19-5-1-3-7-22(19)32-23-8-4-2-6-20(23)25/h1-12,19-20H,13-18,21-22,31H2;1-10,15,22H,11-14,16-18,29H2;1-10,15,25H,11-14,16-17,28H2/b12-10+;;. The molecular formula is C85H86N6O9. The first-order chi connectivity index (χ1) is 49.0. The molecule has 0 saturated carbocycles. The Labute approximate surface area is 585 Å². The van der Waals surface area contributed by atoms with Crippen LogP contribution in [0.1, 0.15) is 124 Å². The van der Waals surface area contributed by atoms with Gasteiger partial charge in [0, 0.05) is 139 Å². The van der Waals surface area contributed by atoms with Crippen LogP contribution in [0.4, 0.5) is 0 Å². The highest BCUT2D eigenvalue weighted by Crippen LogP contribution is 2.52. The number of benzene rings is 9. The number of nitrogens with zero attached hydrogens (tertiary/aromatic N) is 3. The van der Waals surface area contributed by atoms with E-state index in [1.165, 1.54) is 22.3 Å². The minimum Gasteiger partial charge on any atom is -0.493 e. The molecule has 100 heavy (non-hydrogen) atoms. The average Bonchev–Trinajstić information content (AvgIpc) is 1.55. The zero-order valence-electron chi connectivity index (χ0n) is 56.5. The van der Waals surface area contributed by atoms with E-state index in [0.29, 0.717) is 52.5 Å². The van der Waals surface area contributed by atoms with Crippen LogP contribution in [0.2, 0.25) is 0 Å². The molecule has 3 saturated heterocycles. The lowest BCUT2D eigenvalue weighted by Gasteiger charge is -2.40. The van der Waals surface area contributed by atoms with Gasteiger partial charge in [0.15, 0.2) is 0 Å². The molecule has 0 aliphatic carbocycles. The van der Waals surface area contributed by atoms with E-state index < -0.39 is 0 Å². The molecule has 17 rings (SSSR count). The van der Waals surface area contributed by atoms with Gasteiger partial charge in [0.05, 0.1) is 32.3 Å². The second-order valence-corrected chi connectivity index (χ2v) is 27.9. The molecule has 0 radical (unpaired) electrons. The number of ether oxygens (including phenoxy) is 6. The molecule has 0 unspecified atom stereocenters. The highest BCUT2D eigenvalue weighted by molar-refractivity contribution is 5.92. The molecule has 0 atom stereocenters. The van der Waals surface area contributed by atoms with Crippen LogP contribution in [0.5, 0.6) is 46.0 Å². The van der Waals surface area contributed by atoms with Crippen LogP contribution in [-0.2, 0) is 56.7 Å². The van der Waals surface area contributed by atoms with Crippen LogP contribution in [-0.4, -0.2) is 98.1 Å². The van der Waals surface area contributed by atoms with Crippen molar-refractivity contribution in [2.75, 3.05) is 65.7 Å². The predicted molar refractivity (Wildman–Crippen MR) is 387 cm³/mol. The highest BCUT2D eigenvalue weighted by atomic mass is 16.5. The van der Waals surface area contributed by atoms with Gasteiger partial charge in [-0.1, -0.05) is 152 Å². The van der Waals surface area contributed by atoms with Crippen molar-refractivity contribution in [3.8, 4) is 46.0 Å². The Balaban J connectivity index is 0.000000122. The fourth-order valence-electron chi connectivity index (χ4n) is 16.2. The van der Waals surface area contributed by atoms with E-state index >= 15 is 0 Å². The summed E-state index contributed by atoms with van der Waals surface area (Å²) in [6.07, 6.45) is 10.3. The van der Waals surface area contributed by atoms with E-state index in [-0.39, 0.29) is 45.8 Å². The van der Waals surface area contributed by atoms with Crippen LogP contribution in [0.15, 0.2) is 212 Å². The second kappa shape index (κ2) is 28.6. The van der Waals surface area contributed by atoms with Crippen molar-refractivity contribution in [1.82, 2.24) is 14.7 Å². The Kier molecular flexibility index (Phi) is 18.8. The molecule has 15 heteroatoms. The molecule has 9 aromatic carbocycles. The SMILES string of the molecule is NCc1ccc2c(c1)C1(CCN(C(=O)/C=C/c3cccc(OCCc4ccccc4)c3)CC1)CO2.NCc1ccc2c(c1)C1(CCN(C(=O)C3c4ccccc4Oc4ccccc43)CC1)CO2.NCc1ccc2c(c1)C1(CCN(C(=O)CC3c4ccccc4Oc4ccccc43)CC1)CO2. The van der Waals surface area contributed by atoms with Crippen molar-refractivity contribution in [3.05, 3.63) is 279 Å². The quantitative estimate of drug-likeness (QED) is 0.0981. The summed E-state index contributed by atoms with van der Waals surface area (Å²) < 4.78 is 36.2. The lowest BCUT2D eigenvalue weighted by atomic mass is 9.73. The number of hydrogen-bond donors (Lipinski definition) is 3. The zero-order chi connectivity index (χ0) is 68.2. The minimum absolute atomic E-state index is 0.00479. The fraction of sp³-hybridized carbons (Fsp3) is 0.306. The summed E-state index contributed by atoms with van der Waals surface area (Å²) in [6.45, 7) is 8.64. The smallest absolute Gasteiger partial charge is 0.246 e. The number of rotatable bonds is 12. The number of likely N-dealkylation sites (tertiary alicyclic amines) is 3. The maximum atomic E-state index is 13.9. The molecule has 510 valence electrons. The normalized spacial score (nSPS) is 17.6. The van der Waals surface area contributed by atoms with Gasteiger partial charge < -0.3 is 60.3 Å². The first-order valence-corrected chi connectivity index (χ1v) is 35.4. The Morgan fingerprint density at radius 1 is 0.430 bits per heavy atom. The minimum atomic E-state index is -0.332. The van der Waals surface area contributed by atoms with Crippen LogP contribution >= 0.6 is 0 Å². The van der Waals surface area contributed by atoms with Crippen molar-refractivity contribution in [1.29, 1.82) is 0 Å². The predicted octanol–water partition coefficient (Wildman–Crippen LogP) is 13.8. The van der Waals surface area contributed by atoms with Crippen LogP contribution in [0.3, 0.4) is 0 Å². The van der Waals surface area contributed by atoms with Gasteiger partial charge in [-0.2, -0.15) is 0 Å². The molecule has 8 aliphatic heterocycles. The van der Waals surface area contributed by atoms with Gasteiger partial charge in [-0.25, -0.2) is 0 Å². The van der Waals surface area contributed by atoms with Gasteiger partial charge in [-0.05, 0) is 127 Å². The highest BCUT2D eigenvalue weighted by Gasteiger charge is 2.48. The van der Waals surface area contributed by atoms with Crippen LogP contribution < -0.4 is 45.6 Å². The van der Waals surface area contributed by atoms with Gasteiger partial charge in [-0.3, -0.25) is 14.4 Å². The number of nitrogens with two attached hydrogens (primary N) is 3. The van der Waals surface area contributed by atoms with Crippen molar-refractivity contribution in [2.24, 2.45) is 17.2 Å². The maximum Gasteiger partial charge on any atom is 0.246 e. The third-order valence-electron chi connectivity index (χ3n) is 22.1. The van der Waals surface area contributed by atoms with Gasteiger partial charge in [0.25, 0.3) is 0 Å². The summed E-state index contributed by atoms with van der Waals surface area (Å²) in [7, 11) is 0. The molecule has 15 nitrogen and oxygen atoms in total. The molecular weight excluding hydrogens is 1250 g/mol. The number of para-hydroxylation sites is 4. The molecule has 9 aromatic rings. The summed E-state index contributed by atoms with van der Waals surface area (Å²) in [5, 5.41) is 0. The molecule has 3 fully saturated rings. The van der Waals surface area contributed by atoms with Crippen LogP contribution in [0.25, 0.3) is 6.08 Å². The molecule has 8 aliphatic rings. The van der Waals surface area contributed by atoms with E-state index in [1.807, 2.05) is 185 Å². The Hall–Kier alpha value is -10.2. The summed E-state index contributed by atoms with van der Waals surface area (Å²) in [5.74, 6) is 7.04. The Bertz CT molecular complexity index is 4420. The molecule has 6 N–H and O–H groups in total. The lowest BCUT2D eigenvalue weighted by Crippen LogP contribution is -2.47. The number of fused-ring (bicyclic) bond motifs is 10. The fourth-order valence-corrected chi connectivity index (χ4v) is 16.2. The molecule has 0 bridgehead atoms. The summed E-state index contributed by atoms with van der Waals surface area (Å²) >= 11 is 0. The van der Waals surface area contributed by atoms with Gasteiger partial charge in [0.1, 0.15) is 46.0 Å². The lowest BCUT2D eigenvalue weighted by molar-refractivity contribution is -0.134. The van der Waals surface area contributed by atoms with E-state index in [4.69, 9.17) is 45.6 Å². The van der Waals surface area contributed by atoms with Crippen molar-refractivity contribution >= 4 is 23.8 Å². The summed E-state index contributed by atoms with van der Waals surface area (Å²) in [6, 6.07) is 68.9. The average molecular weight is 1340 g/mol. The third kappa shape index (κ3) is 13.2. The molecule has 0 aromatic heterocycles. The first-order valence-electron chi connectivity index (χ1n) is 35.4. The topological polar surface area (TPSA) is 194 Å². The number of carbonyl (C=O) groups is 3. The van der Waals surface area contributed by atoms with Gasteiger partial charge in [0.2, 0.25) is 17.7 Å². The van der Waals surface area contributed by atoms with Crippen LogP contribution in [0, 0.1) is 0 Å². The van der Waals surface area contributed by atoms with E-state index in [0.717, 1.165) is 175 Å². The molecule has 3 spiro atoms. The van der Waals surface area contributed by atoms with Crippen molar-refractivity contribution in [2.45, 2.75) is 99.1 Å². The van der Waals surface area contributed by atoms with Gasteiger partial charge >= 0.3 is 0 Å². The largest absolute Gasteiger partial charge is 0.493 e. The van der Waals surface area contributed by atoms with E-state index in [9.17, 15) is 14.4 Å². The molecule has 8 heterocycles. The number of piperidine rings is 3. The van der Waals surface area contributed by atoms with Crippen molar-refractivity contribution in [3.63, 3.8) is 0 Å².